The summed E-state index contributed by atoms with van der Waals surface area (Å²) in [5.41, 5.74) is -0.897. The van der Waals surface area contributed by atoms with Crippen LogP contribution in [0.15, 0.2) is 30.3 Å². The van der Waals surface area contributed by atoms with Gasteiger partial charge in [0, 0.05) is 0 Å². The SMILES string of the molecule is O=S(=O)(C1CCCC1)C(O)c1ccccc1. The van der Waals surface area contributed by atoms with Gasteiger partial charge in [0.15, 0.2) is 15.3 Å². The van der Waals surface area contributed by atoms with Crippen LogP contribution in [0.5, 0.6) is 0 Å². The van der Waals surface area contributed by atoms with E-state index in [9.17, 15) is 13.5 Å². The lowest BCUT2D eigenvalue weighted by Crippen LogP contribution is -2.24. The normalized spacial score (nSPS) is 19.8. The quantitative estimate of drug-likeness (QED) is 0.879. The molecule has 0 aromatic heterocycles. The number of sulfone groups is 1. The molecule has 1 aromatic rings. The lowest BCUT2D eigenvalue weighted by molar-refractivity contribution is 0.253. The molecule has 0 amide bonds. The molecule has 0 radical (unpaired) electrons. The monoisotopic (exact) mass is 240 g/mol. The van der Waals surface area contributed by atoms with Gasteiger partial charge in [0.25, 0.3) is 0 Å². The van der Waals surface area contributed by atoms with Gasteiger partial charge in [-0.2, -0.15) is 0 Å². The van der Waals surface area contributed by atoms with E-state index < -0.39 is 15.3 Å². The average Bonchev–Trinajstić information content (AvgIpc) is 2.83. The first-order valence-corrected chi connectivity index (χ1v) is 7.19. The molecule has 0 bridgehead atoms. The van der Waals surface area contributed by atoms with Crippen LogP contribution in [0.4, 0.5) is 0 Å². The van der Waals surface area contributed by atoms with Crippen molar-refractivity contribution in [3.05, 3.63) is 35.9 Å². The van der Waals surface area contributed by atoms with Crippen molar-refractivity contribution in [3.63, 3.8) is 0 Å². The van der Waals surface area contributed by atoms with Crippen LogP contribution in [0.2, 0.25) is 0 Å². The third-order valence-electron chi connectivity index (χ3n) is 3.16. The molecule has 1 aliphatic rings. The van der Waals surface area contributed by atoms with Crippen LogP contribution in [-0.4, -0.2) is 18.8 Å². The summed E-state index contributed by atoms with van der Waals surface area (Å²) in [6.45, 7) is 0. The van der Waals surface area contributed by atoms with Gasteiger partial charge in [-0.3, -0.25) is 0 Å². The van der Waals surface area contributed by atoms with E-state index in [1.807, 2.05) is 0 Å². The van der Waals surface area contributed by atoms with Crippen LogP contribution >= 0.6 is 0 Å². The lowest BCUT2D eigenvalue weighted by atomic mass is 10.2. The van der Waals surface area contributed by atoms with Crippen molar-refractivity contribution < 1.29 is 13.5 Å². The Kier molecular flexibility index (Phi) is 3.30. The highest BCUT2D eigenvalue weighted by molar-refractivity contribution is 7.92. The molecule has 1 aliphatic carbocycles. The summed E-state index contributed by atoms with van der Waals surface area (Å²) in [7, 11) is -3.44. The molecule has 0 spiro atoms. The maximum absolute atomic E-state index is 12.1. The molecule has 0 saturated heterocycles. The molecule has 0 heterocycles. The van der Waals surface area contributed by atoms with Crippen LogP contribution in [-0.2, 0) is 9.84 Å². The van der Waals surface area contributed by atoms with Crippen molar-refractivity contribution in [2.75, 3.05) is 0 Å². The van der Waals surface area contributed by atoms with Gasteiger partial charge in [-0.1, -0.05) is 43.2 Å². The van der Waals surface area contributed by atoms with Crippen molar-refractivity contribution in [2.45, 2.75) is 36.4 Å². The maximum Gasteiger partial charge on any atom is 0.184 e. The van der Waals surface area contributed by atoms with Crippen molar-refractivity contribution in [1.82, 2.24) is 0 Å². The Morgan fingerprint density at radius 3 is 2.25 bits per heavy atom. The molecule has 1 unspecified atom stereocenters. The van der Waals surface area contributed by atoms with E-state index in [4.69, 9.17) is 0 Å². The van der Waals surface area contributed by atoms with Crippen LogP contribution in [0.3, 0.4) is 0 Å². The number of benzene rings is 1. The predicted molar refractivity (Wildman–Crippen MR) is 62.6 cm³/mol. The predicted octanol–water partition coefficient (Wildman–Crippen LogP) is 2.03. The van der Waals surface area contributed by atoms with Gasteiger partial charge in [0.2, 0.25) is 0 Å². The second-order valence-corrected chi connectivity index (χ2v) is 6.55. The van der Waals surface area contributed by atoms with Gasteiger partial charge in [0.1, 0.15) is 0 Å². The number of aliphatic hydroxyl groups is 1. The van der Waals surface area contributed by atoms with Gasteiger partial charge in [-0.15, -0.1) is 0 Å². The second kappa shape index (κ2) is 4.55. The minimum Gasteiger partial charge on any atom is -0.373 e. The van der Waals surface area contributed by atoms with E-state index in [-0.39, 0.29) is 5.25 Å². The molecular weight excluding hydrogens is 224 g/mol. The van der Waals surface area contributed by atoms with Gasteiger partial charge >= 0.3 is 0 Å². The average molecular weight is 240 g/mol. The van der Waals surface area contributed by atoms with Crippen molar-refractivity contribution in [1.29, 1.82) is 0 Å². The number of hydrogen-bond acceptors (Lipinski definition) is 3. The highest BCUT2D eigenvalue weighted by atomic mass is 32.2. The Labute approximate surface area is 96.0 Å². The first kappa shape index (κ1) is 11.6. The summed E-state index contributed by atoms with van der Waals surface area (Å²) in [5, 5.41) is 9.56. The topological polar surface area (TPSA) is 54.4 Å². The van der Waals surface area contributed by atoms with Crippen molar-refractivity contribution >= 4 is 9.84 Å². The van der Waals surface area contributed by atoms with E-state index in [0.29, 0.717) is 18.4 Å². The molecule has 0 aliphatic heterocycles. The molecule has 2 rings (SSSR count). The second-order valence-electron chi connectivity index (χ2n) is 4.26. The fourth-order valence-electron chi connectivity index (χ4n) is 2.21. The minimum atomic E-state index is -3.44. The molecule has 88 valence electrons. The molecular formula is C12H16O3S. The molecule has 1 atom stereocenters. The van der Waals surface area contributed by atoms with Gasteiger partial charge in [-0.25, -0.2) is 8.42 Å². The van der Waals surface area contributed by atoms with Gasteiger partial charge < -0.3 is 5.11 Å². The third kappa shape index (κ3) is 2.13. The molecule has 1 N–H and O–H groups in total. The van der Waals surface area contributed by atoms with Gasteiger partial charge in [0.05, 0.1) is 5.25 Å². The zero-order valence-electron chi connectivity index (χ0n) is 9.04. The summed E-state index contributed by atoms with van der Waals surface area (Å²) in [4.78, 5) is 0. The van der Waals surface area contributed by atoms with Crippen molar-refractivity contribution in [2.24, 2.45) is 0 Å². The molecule has 1 saturated carbocycles. The van der Waals surface area contributed by atoms with Crippen LogP contribution in [0.25, 0.3) is 0 Å². The third-order valence-corrected chi connectivity index (χ3v) is 5.46. The van der Waals surface area contributed by atoms with E-state index in [0.717, 1.165) is 12.8 Å². The smallest absolute Gasteiger partial charge is 0.184 e. The fourth-order valence-corrected chi connectivity index (χ4v) is 4.10. The van der Waals surface area contributed by atoms with Crippen LogP contribution in [0, 0.1) is 0 Å². The van der Waals surface area contributed by atoms with E-state index in [2.05, 4.69) is 0 Å². The summed E-state index contributed by atoms with van der Waals surface area (Å²) < 4.78 is 24.2. The lowest BCUT2D eigenvalue weighted by Gasteiger charge is -2.17. The van der Waals surface area contributed by atoms with E-state index in [1.54, 1.807) is 30.3 Å². The molecule has 1 fully saturated rings. The fraction of sp³-hybridized carbons (Fsp3) is 0.500. The number of aliphatic hydroxyl groups excluding tert-OH is 1. The Balaban J connectivity index is 2.24. The largest absolute Gasteiger partial charge is 0.373 e. The Morgan fingerprint density at radius 2 is 1.69 bits per heavy atom. The molecule has 16 heavy (non-hydrogen) atoms. The first-order valence-electron chi connectivity index (χ1n) is 5.58. The minimum absolute atomic E-state index is 0.359. The van der Waals surface area contributed by atoms with Crippen LogP contribution in [0.1, 0.15) is 36.7 Å². The highest BCUT2D eigenvalue weighted by Crippen LogP contribution is 2.32. The summed E-state index contributed by atoms with van der Waals surface area (Å²) >= 11 is 0. The molecule has 3 nitrogen and oxygen atoms in total. The summed E-state index contributed by atoms with van der Waals surface area (Å²) in [5.74, 6) is 0. The molecule has 1 aromatic carbocycles. The number of hydrogen-bond donors (Lipinski definition) is 1. The number of rotatable bonds is 3. The Bertz CT molecular complexity index is 433. The zero-order valence-corrected chi connectivity index (χ0v) is 9.86. The summed E-state index contributed by atoms with van der Waals surface area (Å²) in [6, 6.07) is 8.58. The van der Waals surface area contributed by atoms with E-state index in [1.165, 1.54) is 0 Å². The van der Waals surface area contributed by atoms with Crippen LogP contribution < -0.4 is 0 Å². The van der Waals surface area contributed by atoms with E-state index >= 15 is 0 Å². The zero-order chi connectivity index (χ0) is 11.6. The first-order chi connectivity index (χ1) is 7.62. The Morgan fingerprint density at radius 1 is 1.12 bits per heavy atom. The Hall–Kier alpha value is -0.870. The van der Waals surface area contributed by atoms with Gasteiger partial charge in [-0.05, 0) is 18.4 Å². The maximum atomic E-state index is 12.1. The highest BCUT2D eigenvalue weighted by Gasteiger charge is 2.35. The standard InChI is InChI=1S/C12H16O3S/c13-12(10-6-2-1-3-7-10)16(14,15)11-8-4-5-9-11/h1-3,6-7,11-13H,4-5,8-9H2. The molecule has 4 heteroatoms. The van der Waals surface area contributed by atoms with Crippen molar-refractivity contribution in [3.8, 4) is 0 Å². The summed E-state index contributed by atoms with van der Waals surface area (Å²) in [6.07, 6.45) is 3.27.